The predicted molar refractivity (Wildman–Crippen MR) is 144 cm³/mol. The van der Waals surface area contributed by atoms with Crippen LogP contribution in [0.4, 0.5) is 11.4 Å². The molecule has 0 saturated heterocycles. The molecule has 0 spiro atoms. The first-order chi connectivity index (χ1) is 18.3. The van der Waals surface area contributed by atoms with Crippen molar-refractivity contribution in [1.29, 1.82) is 0 Å². The zero-order valence-corrected chi connectivity index (χ0v) is 21.0. The molecular weight excluding hydrogens is 488 g/mol. The molecule has 3 aromatic carbocycles. The summed E-state index contributed by atoms with van der Waals surface area (Å²) in [5.41, 5.74) is 13.3. The standard InChI is InChI=1S/C29H30N2O7/c1-2-3-15-36-22-9-11-23(12-10-22)38-27(32)13-6-19-4-7-20(8-5-19)29(35)37-16-14-24-25(28(33)34)17-21(30)18-26(24)31/h4-13,17-18H,2-3,14-16,30-31H2,1H3,(H,33,34)/b13-6+. The second-order valence-corrected chi connectivity index (χ2v) is 8.38. The average Bonchev–Trinajstić information content (AvgIpc) is 2.89. The van der Waals surface area contributed by atoms with Gasteiger partial charge in [-0.15, -0.1) is 0 Å². The minimum atomic E-state index is -1.16. The number of nitrogen functional groups attached to an aromatic ring is 2. The van der Waals surface area contributed by atoms with Gasteiger partial charge in [-0.2, -0.15) is 0 Å². The molecule has 9 heteroatoms. The number of hydrogen-bond donors (Lipinski definition) is 3. The van der Waals surface area contributed by atoms with Crippen molar-refractivity contribution in [3.05, 3.63) is 89.0 Å². The van der Waals surface area contributed by atoms with E-state index in [9.17, 15) is 19.5 Å². The lowest BCUT2D eigenvalue weighted by Crippen LogP contribution is -2.12. The molecule has 0 radical (unpaired) electrons. The number of aromatic carboxylic acids is 1. The van der Waals surface area contributed by atoms with Crippen molar-refractivity contribution in [3.8, 4) is 11.5 Å². The van der Waals surface area contributed by atoms with Crippen LogP contribution in [0.15, 0.2) is 66.7 Å². The van der Waals surface area contributed by atoms with Crippen LogP contribution >= 0.6 is 0 Å². The molecule has 0 fully saturated rings. The van der Waals surface area contributed by atoms with E-state index in [1.54, 1.807) is 54.6 Å². The number of carboxylic acids is 1. The van der Waals surface area contributed by atoms with E-state index in [2.05, 4.69) is 6.92 Å². The third kappa shape index (κ3) is 8.12. The van der Waals surface area contributed by atoms with E-state index in [4.69, 9.17) is 25.7 Å². The zero-order valence-electron chi connectivity index (χ0n) is 21.0. The summed E-state index contributed by atoms with van der Waals surface area (Å²) in [6.45, 7) is 2.67. The van der Waals surface area contributed by atoms with Crippen LogP contribution < -0.4 is 20.9 Å². The van der Waals surface area contributed by atoms with Gasteiger partial charge in [-0.3, -0.25) is 0 Å². The minimum absolute atomic E-state index is 0.0262. The highest BCUT2D eigenvalue weighted by Gasteiger charge is 2.15. The maximum atomic E-state index is 12.4. The second-order valence-electron chi connectivity index (χ2n) is 8.38. The fourth-order valence-corrected chi connectivity index (χ4v) is 3.50. The fourth-order valence-electron chi connectivity index (χ4n) is 3.50. The fraction of sp³-hybridized carbons (Fsp3) is 0.207. The van der Waals surface area contributed by atoms with Crippen LogP contribution in [0.5, 0.6) is 11.5 Å². The van der Waals surface area contributed by atoms with Gasteiger partial charge in [-0.25, -0.2) is 14.4 Å². The molecule has 0 amide bonds. The first kappa shape index (κ1) is 27.8. The third-order valence-electron chi connectivity index (χ3n) is 5.49. The molecule has 0 aromatic heterocycles. The molecule has 9 nitrogen and oxygen atoms in total. The number of unbranched alkanes of at least 4 members (excludes halogenated alkanes) is 1. The van der Waals surface area contributed by atoms with Crippen LogP contribution in [0.25, 0.3) is 6.08 Å². The number of rotatable bonds is 12. The highest BCUT2D eigenvalue weighted by molar-refractivity contribution is 5.93. The quantitative estimate of drug-likeness (QED) is 0.101. The van der Waals surface area contributed by atoms with E-state index in [0.29, 0.717) is 34.8 Å². The highest BCUT2D eigenvalue weighted by atomic mass is 16.5. The normalized spacial score (nSPS) is 10.8. The van der Waals surface area contributed by atoms with Crippen molar-refractivity contribution in [3.63, 3.8) is 0 Å². The largest absolute Gasteiger partial charge is 0.494 e. The number of nitrogens with two attached hydrogens (primary N) is 2. The van der Waals surface area contributed by atoms with Crippen LogP contribution in [0.1, 0.15) is 51.6 Å². The first-order valence-corrected chi connectivity index (χ1v) is 12.1. The molecule has 0 unspecified atom stereocenters. The Morgan fingerprint density at radius 2 is 1.61 bits per heavy atom. The van der Waals surface area contributed by atoms with Gasteiger partial charge in [0, 0.05) is 23.9 Å². The summed E-state index contributed by atoms with van der Waals surface area (Å²) in [5, 5.41) is 9.36. The number of hydrogen-bond acceptors (Lipinski definition) is 8. The van der Waals surface area contributed by atoms with Crippen molar-refractivity contribution in [2.75, 3.05) is 24.7 Å². The molecule has 0 aliphatic heterocycles. The topological polar surface area (TPSA) is 151 Å². The Bertz CT molecular complexity index is 1300. The highest BCUT2D eigenvalue weighted by Crippen LogP contribution is 2.23. The number of esters is 2. The van der Waals surface area contributed by atoms with E-state index in [1.165, 1.54) is 18.2 Å². The van der Waals surface area contributed by atoms with Crippen molar-refractivity contribution >= 4 is 35.4 Å². The molecule has 0 bridgehead atoms. The van der Waals surface area contributed by atoms with Crippen LogP contribution in [-0.2, 0) is 16.0 Å². The van der Waals surface area contributed by atoms with Crippen molar-refractivity contribution in [2.45, 2.75) is 26.2 Å². The number of anilines is 2. The summed E-state index contributed by atoms with van der Waals surface area (Å²) in [5.74, 6) is -1.17. The van der Waals surface area contributed by atoms with Crippen LogP contribution in [0, 0.1) is 0 Å². The Kier molecular flexibility index (Phi) is 9.87. The Labute approximate surface area is 220 Å². The monoisotopic (exact) mass is 518 g/mol. The molecule has 38 heavy (non-hydrogen) atoms. The van der Waals surface area contributed by atoms with Gasteiger partial charge < -0.3 is 30.8 Å². The molecule has 0 aliphatic carbocycles. The van der Waals surface area contributed by atoms with Gasteiger partial charge in [0.05, 0.1) is 24.3 Å². The van der Waals surface area contributed by atoms with Crippen LogP contribution in [-0.4, -0.2) is 36.2 Å². The van der Waals surface area contributed by atoms with Gasteiger partial charge in [0.25, 0.3) is 0 Å². The SMILES string of the molecule is CCCCOc1ccc(OC(=O)/C=C/c2ccc(C(=O)OCCc3c(N)cc(N)cc3C(=O)O)cc2)cc1. The first-order valence-electron chi connectivity index (χ1n) is 12.1. The van der Waals surface area contributed by atoms with E-state index >= 15 is 0 Å². The molecule has 0 saturated carbocycles. The number of carbonyl (C=O) groups is 3. The number of benzene rings is 3. The smallest absolute Gasteiger partial charge is 0.338 e. The lowest BCUT2D eigenvalue weighted by atomic mass is 10.0. The Hall–Kier alpha value is -4.79. The molecule has 0 heterocycles. The zero-order chi connectivity index (χ0) is 27.5. The summed E-state index contributed by atoms with van der Waals surface area (Å²) >= 11 is 0. The van der Waals surface area contributed by atoms with E-state index in [-0.39, 0.29) is 30.0 Å². The summed E-state index contributed by atoms with van der Waals surface area (Å²) in [6.07, 6.45) is 5.00. The average molecular weight is 519 g/mol. The van der Waals surface area contributed by atoms with Crippen LogP contribution in [0.2, 0.25) is 0 Å². The Morgan fingerprint density at radius 1 is 0.921 bits per heavy atom. The molecule has 0 atom stereocenters. The van der Waals surface area contributed by atoms with Crippen molar-refractivity contribution < 1.29 is 33.7 Å². The van der Waals surface area contributed by atoms with Gasteiger partial charge in [-0.1, -0.05) is 25.5 Å². The third-order valence-corrected chi connectivity index (χ3v) is 5.49. The molecule has 3 aromatic rings. The lowest BCUT2D eigenvalue weighted by molar-refractivity contribution is -0.128. The number of carboxylic acid groups (broad SMARTS) is 1. The predicted octanol–water partition coefficient (Wildman–Crippen LogP) is 4.75. The molecular formula is C29H30N2O7. The molecule has 5 N–H and O–H groups in total. The maximum Gasteiger partial charge on any atom is 0.338 e. The molecule has 3 rings (SSSR count). The second kappa shape index (κ2) is 13.5. The Morgan fingerprint density at radius 3 is 2.26 bits per heavy atom. The van der Waals surface area contributed by atoms with Gasteiger partial charge in [0.2, 0.25) is 0 Å². The summed E-state index contributed by atoms with van der Waals surface area (Å²) in [7, 11) is 0. The van der Waals surface area contributed by atoms with Crippen LogP contribution in [0.3, 0.4) is 0 Å². The number of carbonyl (C=O) groups excluding carboxylic acids is 2. The van der Waals surface area contributed by atoms with Gasteiger partial charge in [-0.05, 0) is 72.2 Å². The van der Waals surface area contributed by atoms with E-state index in [0.717, 1.165) is 12.8 Å². The summed E-state index contributed by atoms with van der Waals surface area (Å²) < 4.78 is 16.1. The maximum absolute atomic E-state index is 12.4. The van der Waals surface area contributed by atoms with Crippen molar-refractivity contribution in [2.24, 2.45) is 0 Å². The van der Waals surface area contributed by atoms with Gasteiger partial charge in [0.15, 0.2) is 0 Å². The van der Waals surface area contributed by atoms with Crippen molar-refractivity contribution in [1.82, 2.24) is 0 Å². The number of ether oxygens (including phenoxy) is 3. The summed E-state index contributed by atoms with van der Waals surface area (Å²) in [4.78, 5) is 36.0. The van der Waals surface area contributed by atoms with E-state index < -0.39 is 17.9 Å². The lowest BCUT2D eigenvalue weighted by Gasteiger charge is -2.11. The molecule has 198 valence electrons. The van der Waals surface area contributed by atoms with E-state index in [1.807, 2.05) is 0 Å². The minimum Gasteiger partial charge on any atom is -0.494 e. The Balaban J connectivity index is 1.49. The molecule has 0 aliphatic rings. The van der Waals surface area contributed by atoms with Gasteiger partial charge in [0.1, 0.15) is 11.5 Å². The van der Waals surface area contributed by atoms with Gasteiger partial charge >= 0.3 is 17.9 Å². The summed E-state index contributed by atoms with van der Waals surface area (Å²) in [6, 6.07) is 16.0.